The Morgan fingerprint density at radius 2 is 1.55 bits per heavy atom. The molecule has 3 nitrogen and oxygen atoms in total. The van der Waals surface area contributed by atoms with Gasteiger partial charge >= 0.3 is 0 Å². The van der Waals surface area contributed by atoms with E-state index in [9.17, 15) is 0 Å². The fourth-order valence-corrected chi connectivity index (χ4v) is 2.31. The van der Waals surface area contributed by atoms with E-state index in [0.29, 0.717) is 13.2 Å². The molecule has 0 aliphatic heterocycles. The average Bonchev–Trinajstić information content (AvgIpc) is 2.46. The third-order valence-electron chi connectivity index (χ3n) is 2.76. The topological polar surface area (TPSA) is 27.7 Å². The number of benzene rings is 2. The van der Waals surface area contributed by atoms with Gasteiger partial charge in [-0.2, -0.15) is 0 Å². The first-order chi connectivity index (χ1) is 9.69. The molecule has 106 valence electrons. The van der Waals surface area contributed by atoms with Crippen LogP contribution in [-0.4, -0.2) is 20.3 Å². The Morgan fingerprint density at radius 1 is 0.900 bits per heavy atom. The van der Waals surface area contributed by atoms with Gasteiger partial charge in [0.1, 0.15) is 30.5 Å². The van der Waals surface area contributed by atoms with Gasteiger partial charge in [0.25, 0.3) is 0 Å². The van der Waals surface area contributed by atoms with Crippen molar-refractivity contribution in [2.24, 2.45) is 0 Å². The summed E-state index contributed by atoms with van der Waals surface area (Å²) in [6.45, 7) is 3.03. The molecule has 2 aromatic rings. The molecule has 0 bridgehead atoms. The van der Waals surface area contributed by atoms with Crippen molar-refractivity contribution in [1.29, 1.82) is 0 Å². The molecule has 0 spiro atoms. The van der Waals surface area contributed by atoms with Crippen LogP contribution >= 0.6 is 15.9 Å². The van der Waals surface area contributed by atoms with Crippen molar-refractivity contribution in [3.05, 3.63) is 52.5 Å². The number of ether oxygens (including phenoxy) is 3. The predicted octanol–water partition coefficient (Wildman–Crippen LogP) is 4.22. The van der Waals surface area contributed by atoms with Gasteiger partial charge in [0, 0.05) is 0 Å². The summed E-state index contributed by atoms with van der Waals surface area (Å²) in [5.74, 6) is 2.45. The molecule has 2 rings (SSSR count). The lowest BCUT2D eigenvalue weighted by Crippen LogP contribution is -2.09. The molecule has 0 aliphatic rings. The zero-order valence-electron chi connectivity index (χ0n) is 11.6. The molecule has 0 radical (unpaired) electrons. The maximum Gasteiger partial charge on any atom is 0.133 e. The standard InChI is InChI=1S/C16H17BrO3/c1-12-3-8-16(15(17)11-12)20-10-9-19-14-6-4-13(18-2)5-7-14/h3-8,11H,9-10H2,1-2H3. The van der Waals surface area contributed by atoms with Crippen LogP contribution in [0.2, 0.25) is 0 Å². The highest BCUT2D eigenvalue weighted by Crippen LogP contribution is 2.25. The quantitative estimate of drug-likeness (QED) is 0.739. The van der Waals surface area contributed by atoms with Gasteiger partial charge in [-0.3, -0.25) is 0 Å². The van der Waals surface area contributed by atoms with E-state index in [1.807, 2.05) is 49.4 Å². The van der Waals surface area contributed by atoms with Crippen molar-refractivity contribution < 1.29 is 14.2 Å². The molecule has 0 aromatic heterocycles. The second-order valence-electron chi connectivity index (χ2n) is 4.31. The predicted molar refractivity (Wildman–Crippen MR) is 82.9 cm³/mol. The lowest BCUT2D eigenvalue weighted by atomic mass is 10.2. The highest BCUT2D eigenvalue weighted by atomic mass is 79.9. The summed E-state index contributed by atoms with van der Waals surface area (Å²) in [5.41, 5.74) is 1.19. The third-order valence-corrected chi connectivity index (χ3v) is 3.38. The Hall–Kier alpha value is -1.68. The van der Waals surface area contributed by atoms with E-state index in [1.54, 1.807) is 7.11 Å². The van der Waals surface area contributed by atoms with Gasteiger partial charge in [0.2, 0.25) is 0 Å². The van der Waals surface area contributed by atoms with Crippen LogP contribution in [0.1, 0.15) is 5.56 Å². The van der Waals surface area contributed by atoms with Crippen molar-refractivity contribution in [2.75, 3.05) is 20.3 Å². The van der Waals surface area contributed by atoms with Crippen LogP contribution in [0.3, 0.4) is 0 Å². The van der Waals surface area contributed by atoms with Crippen LogP contribution in [0, 0.1) is 6.92 Å². The molecule has 0 fully saturated rings. The number of halogens is 1. The fourth-order valence-electron chi connectivity index (χ4n) is 1.71. The monoisotopic (exact) mass is 336 g/mol. The fraction of sp³-hybridized carbons (Fsp3) is 0.250. The number of hydrogen-bond donors (Lipinski definition) is 0. The van der Waals surface area contributed by atoms with E-state index in [-0.39, 0.29) is 0 Å². The van der Waals surface area contributed by atoms with Crippen molar-refractivity contribution in [3.8, 4) is 17.2 Å². The number of rotatable bonds is 6. The van der Waals surface area contributed by atoms with E-state index in [1.165, 1.54) is 5.56 Å². The van der Waals surface area contributed by atoms with Crippen LogP contribution < -0.4 is 14.2 Å². The Labute approximate surface area is 127 Å². The summed E-state index contributed by atoms with van der Waals surface area (Å²) in [4.78, 5) is 0. The summed E-state index contributed by atoms with van der Waals surface area (Å²) in [6.07, 6.45) is 0. The lowest BCUT2D eigenvalue weighted by Gasteiger charge is -2.10. The smallest absolute Gasteiger partial charge is 0.133 e. The van der Waals surface area contributed by atoms with E-state index in [4.69, 9.17) is 14.2 Å². The molecule has 20 heavy (non-hydrogen) atoms. The van der Waals surface area contributed by atoms with E-state index in [2.05, 4.69) is 15.9 Å². The minimum absolute atomic E-state index is 0.493. The van der Waals surface area contributed by atoms with Crippen molar-refractivity contribution in [3.63, 3.8) is 0 Å². The first-order valence-corrected chi connectivity index (χ1v) is 7.14. The summed E-state index contributed by atoms with van der Waals surface area (Å²) < 4.78 is 17.3. The van der Waals surface area contributed by atoms with Gasteiger partial charge in [0.15, 0.2) is 0 Å². The summed E-state index contributed by atoms with van der Waals surface area (Å²) in [5, 5.41) is 0. The molecule has 0 N–H and O–H groups in total. The SMILES string of the molecule is COc1ccc(OCCOc2ccc(C)cc2Br)cc1. The second-order valence-corrected chi connectivity index (χ2v) is 5.16. The second kappa shape index (κ2) is 7.20. The molecule has 0 heterocycles. The first kappa shape index (κ1) is 14.7. The molecule has 0 saturated heterocycles. The average molecular weight is 337 g/mol. The van der Waals surface area contributed by atoms with Crippen LogP contribution in [0.5, 0.6) is 17.2 Å². The minimum atomic E-state index is 0.493. The van der Waals surface area contributed by atoms with Crippen LogP contribution in [0.4, 0.5) is 0 Å². The number of aryl methyl sites for hydroxylation is 1. The molecule has 0 atom stereocenters. The van der Waals surface area contributed by atoms with Gasteiger partial charge in [-0.15, -0.1) is 0 Å². The Morgan fingerprint density at radius 3 is 2.20 bits per heavy atom. The summed E-state index contributed by atoms with van der Waals surface area (Å²) in [7, 11) is 1.64. The Bertz CT molecular complexity index is 552. The van der Waals surface area contributed by atoms with Crippen molar-refractivity contribution in [1.82, 2.24) is 0 Å². The Balaban J connectivity index is 1.78. The summed E-state index contributed by atoms with van der Waals surface area (Å²) >= 11 is 3.48. The number of methoxy groups -OCH3 is 1. The van der Waals surface area contributed by atoms with Crippen LogP contribution in [-0.2, 0) is 0 Å². The zero-order valence-corrected chi connectivity index (χ0v) is 13.1. The molecular formula is C16H17BrO3. The van der Waals surface area contributed by atoms with Crippen LogP contribution in [0.15, 0.2) is 46.9 Å². The lowest BCUT2D eigenvalue weighted by molar-refractivity contribution is 0.216. The van der Waals surface area contributed by atoms with E-state index >= 15 is 0 Å². The van der Waals surface area contributed by atoms with Crippen LogP contribution in [0.25, 0.3) is 0 Å². The van der Waals surface area contributed by atoms with Crippen molar-refractivity contribution in [2.45, 2.75) is 6.92 Å². The molecule has 0 amide bonds. The molecule has 0 saturated carbocycles. The minimum Gasteiger partial charge on any atom is -0.497 e. The van der Waals surface area contributed by atoms with Gasteiger partial charge in [-0.25, -0.2) is 0 Å². The maximum atomic E-state index is 5.66. The molecule has 4 heteroatoms. The van der Waals surface area contributed by atoms with Gasteiger partial charge < -0.3 is 14.2 Å². The summed E-state index contributed by atoms with van der Waals surface area (Å²) in [6, 6.07) is 13.5. The maximum absolute atomic E-state index is 5.66. The molecular weight excluding hydrogens is 320 g/mol. The van der Waals surface area contributed by atoms with Gasteiger partial charge in [-0.1, -0.05) is 6.07 Å². The Kier molecular flexibility index (Phi) is 5.30. The normalized spacial score (nSPS) is 10.2. The van der Waals surface area contributed by atoms with Gasteiger partial charge in [0.05, 0.1) is 11.6 Å². The number of hydrogen-bond acceptors (Lipinski definition) is 3. The first-order valence-electron chi connectivity index (χ1n) is 6.35. The highest BCUT2D eigenvalue weighted by Gasteiger charge is 2.01. The molecule has 0 unspecified atom stereocenters. The van der Waals surface area contributed by atoms with E-state index < -0.39 is 0 Å². The van der Waals surface area contributed by atoms with E-state index in [0.717, 1.165) is 21.7 Å². The molecule has 2 aromatic carbocycles. The van der Waals surface area contributed by atoms with Crippen molar-refractivity contribution >= 4 is 15.9 Å². The highest BCUT2D eigenvalue weighted by molar-refractivity contribution is 9.10. The van der Waals surface area contributed by atoms with Gasteiger partial charge in [-0.05, 0) is 64.8 Å². The largest absolute Gasteiger partial charge is 0.497 e. The zero-order chi connectivity index (χ0) is 14.4. The third kappa shape index (κ3) is 4.17. The molecule has 0 aliphatic carbocycles.